The van der Waals surface area contributed by atoms with E-state index in [9.17, 15) is 4.79 Å². The van der Waals surface area contributed by atoms with Gasteiger partial charge in [0.2, 0.25) is 0 Å². The van der Waals surface area contributed by atoms with Crippen LogP contribution in [0.3, 0.4) is 0 Å². The molecule has 0 fully saturated rings. The van der Waals surface area contributed by atoms with E-state index >= 15 is 0 Å². The topological polar surface area (TPSA) is 63.4 Å². The van der Waals surface area contributed by atoms with Gasteiger partial charge in [0.25, 0.3) is 5.91 Å². The number of hydrogen-bond acceptors (Lipinski definition) is 4. The van der Waals surface area contributed by atoms with Crippen LogP contribution in [0.4, 0.5) is 28.4 Å². The van der Waals surface area contributed by atoms with Crippen molar-refractivity contribution in [3.05, 3.63) is 103 Å². The summed E-state index contributed by atoms with van der Waals surface area (Å²) in [5.41, 5.74) is 8.94. The Bertz CT molecular complexity index is 1520. The zero-order valence-electron chi connectivity index (χ0n) is 21.5. The van der Waals surface area contributed by atoms with Crippen LogP contribution in [0.25, 0.3) is 22.0 Å². The van der Waals surface area contributed by atoms with Gasteiger partial charge in [-0.3, -0.25) is 4.79 Å². The molecule has 0 saturated heterocycles. The largest absolute Gasteiger partial charge is 0.378 e. The van der Waals surface area contributed by atoms with Crippen LogP contribution in [0.5, 0.6) is 0 Å². The summed E-state index contributed by atoms with van der Waals surface area (Å²) in [5.74, 6) is -0.124. The van der Waals surface area contributed by atoms with Crippen LogP contribution in [0, 0.1) is 0 Å². The molecular formula is C31H31N5O. The molecule has 1 aromatic heterocycles. The second-order valence-electron chi connectivity index (χ2n) is 9.50. The number of hydrogen-bond donors (Lipinski definition) is 3. The Kier molecular flexibility index (Phi) is 6.56. The van der Waals surface area contributed by atoms with Crippen molar-refractivity contribution in [3.63, 3.8) is 0 Å². The monoisotopic (exact) mass is 489 g/mol. The first kappa shape index (κ1) is 24.0. The summed E-state index contributed by atoms with van der Waals surface area (Å²) in [5, 5.41) is 7.61. The highest BCUT2D eigenvalue weighted by Crippen LogP contribution is 2.32. The van der Waals surface area contributed by atoms with E-state index in [1.54, 1.807) is 0 Å². The number of H-pyrrole nitrogens is 1. The number of carbonyl (C=O) groups excluding carboxylic acids is 1. The quantitative estimate of drug-likeness (QED) is 0.231. The molecule has 1 heterocycles. The zero-order chi connectivity index (χ0) is 25.9. The molecule has 0 aliphatic heterocycles. The standard InChI is InChI=1S/C31H31N5O/c1-35(2)26-14-7-22(8-15-26)31(37)34-24-9-5-21(6-10-24)29-20-32-30-19-25(13-18-28(29)30)33-23-11-16-27(17-12-23)36(3)4/h5-20,32-33H,1-4H3,(H,34,37). The van der Waals surface area contributed by atoms with E-state index in [0.29, 0.717) is 5.56 Å². The summed E-state index contributed by atoms with van der Waals surface area (Å²) in [6, 6.07) is 30.2. The third-order valence-electron chi connectivity index (χ3n) is 6.45. The minimum absolute atomic E-state index is 0.124. The summed E-state index contributed by atoms with van der Waals surface area (Å²) < 4.78 is 0. The molecular weight excluding hydrogens is 458 g/mol. The van der Waals surface area contributed by atoms with Gasteiger partial charge in [-0.1, -0.05) is 18.2 Å². The fraction of sp³-hybridized carbons (Fsp3) is 0.129. The smallest absolute Gasteiger partial charge is 0.255 e. The average Bonchev–Trinajstić information content (AvgIpc) is 3.33. The van der Waals surface area contributed by atoms with Gasteiger partial charge >= 0.3 is 0 Å². The molecule has 5 rings (SSSR count). The van der Waals surface area contributed by atoms with Crippen molar-refractivity contribution in [2.75, 3.05) is 48.6 Å². The molecule has 0 unspecified atom stereocenters. The minimum atomic E-state index is -0.124. The van der Waals surface area contributed by atoms with Crippen LogP contribution in [0.2, 0.25) is 0 Å². The van der Waals surface area contributed by atoms with E-state index < -0.39 is 0 Å². The van der Waals surface area contributed by atoms with Crippen LogP contribution < -0.4 is 20.4 Å². The molecule has 6 nitrogen and oxygen atoms in total. The summed E-state index contributed by atoms with van der Waals surface area (Å²) in [6.45, 7) is 0. The summed E-state index contributed by atoms with van der Waals surface area (Å²) in [6.07, 6.45) is 2.03. The first-order valence-corrected chi connectivity index (χ1v) is 12.2. The van der Waals surface area contributed by atoms with Gasteiger partial charge in [-0.25, -0.2) is 0 Å². The van der Waals surface area contributed by atoms with Gasteiger partial charge in [0, 0.05) is 84.9 Å². The SMILES string of the molecule is CN(C)c1ccc(Nc2ccc3c(-c4ccc(NC(=O)c5ccc(N(C)C)cc5)cc4)c[nH]c3c2)cc1. The highest BCUT2D eigenvalue weighted by atomic mass is 16.1. The molecule has 4 aromatic carbocycles. The number of aromatic nitrogens is 1. The van der Waals surface area contributed by atoms with Gasteiger partial charge in [-0.2, -0.15) is 0 Å². The first-order valence-electron chi connectivity index (χ1n) is 12.2. The van der Waals surface area contributed by atoms with E-state index in [2.05, 4.69) is 63.0 Å². The lowest BCUT2D eigenvalue weighted by atomic mass is 10.0. The summed E-state index contributed by atoms with van der Waals surface area (Å²) >= 11 is 0. The number of amides is 1. The molecule has 5 aromatic rings. The Morgan fingerprint density at radius 2 is 1.24 bits per heavy atom. The molecule has 1 amide bonds. The summed E-state index contributed by atoms with van der Waals surface area (Å²) in [4.78, 5) is 20.1. The van der Waals surface area contributed by atoms with E-state index in [-0.39, 0.29) is 5.91 Å². The Hall–Kier alpha value is -4.71. The molecule has 0 aliphatic carbocycles. The number of aromatic amines is 1. The number of fused-ring (bicyclic) bond motifs is 1. The molecule has 0 atom stereocenters. The van der Waals surface area contributed by atoms with Crippen molar-refractivity contribution in [1.29, 1.82) is 0 Å². The van der Waals surface area contributed by atoms with Gasteiger partial charge < -0.3 is 25.4 Å². The van der Waals surface area contributed by atoms with Crippen LogP contribution in [-0.2, 0) is 0 Å². The fourth-order valence-corrected chi connectivity index (χ4v) is 4.30. The predicted molar refractivity (Wildman–Crippen MR) is 157 cm³/mol. The van der Waals surface area contributed by atoms with Crippen molar-refractivity contribution in [3.8, 4) is 11.1 Å². The number of carbonyl (C=O) groups is 1. The molecule has 0 radical (unpaired) electrons. The Morgan fingerprint density at radius 3 is 1.86 bits per heavy atom. The van der Waals surface area contributed by atoms with Crippen LogP contribution >= 0.6 is 0 Å². The minimum Gasteiger partial charge on any atom is -0.378 e. The second kappa shape index (κ2) is 10.1. The van der Waals surface area contributed by atoms with Gasteiger partial charge in [-0.05, 0) is 78.4 Å². The molecule has 6 heteroatoms. The Morgan fingerprint density at radius 1 is 0.676 bits per heavy atom. The molecule has 0 saturated carbocycles. The molecule has 3 N–H and O–H groups in total. The highest BCUT2D eigenvalue weighted by Gasteiger charge is 2.10. The maximum Gasteiger partial charge on any atom is 0.255 e. The molecule has 0 aliphatic rings. The first-order chi connectivity index (χ1) is 17.9. The van der Waals surface area contributed by atoms with Crippen LogP contribution in [-0.4, -0.2) is 39.1 Å². The lowest BCUT2D eigenvalue weighted by Gasteiger charge is -2.13. The Balaban J connectivity index is 1.28. The molecule has 37 heavy (non-hydrogen) atoms. The van der Waals surface area contributed by atoms with Crippen molar-refractivity contribution in [2.24, 2.45) is 0 Å². The lowest BCUT2D eigenvalue weighted by Crippen LogP contribution is -2.13. The number of nitrogens with one attached hydrogen (secondary N) is 3. The van der Waals surface area contributed by atoms with Crippen molar-refractivity contribution in [1.82, 2.24) is 4.98 Å². The summed E-state index contributed by atoms with van der Waals surface area (Å²) in [7, 11) is 8.03. The maximum atomic E-state index is 12.7. The number of anilines is 5. The maximum absolute atomic E-state index is 12.7. The lowest BCUT2D eigenvalue weighted by molar-refractivity contribution is 0.102. The van der Waals surface area contributed by atoms with Crippen LogP contribution in [0.1, 0.15) is 10.4 Å². The fourth-order valence-electron chi connectivity index (χ4n) is 4.30. The number of rotatable bonds is 7. The van der Waals surface area contributed by atoms with Gasteiger partial charge in [-0.15, -0.1) is 0 Å². The van der Waals surface area contributed by atoms with Crippen LogP contribution in [0.15, 0.2) is 97.2 Å². The molecule has 0 spiro atoms. The van der Waals surface area contributed by atoms with E-state index in [4.69, 9.17) is 0 Å². The van der Waals surface area contributed by atoms with Gasteiger partial charge in [0.1, 0.15) is 0 Å². The van der Waals surface area contributed by atoms with E-state index in [1.165, 1.54) is 5.69 Å². The Labute approximate surface area is 217 Å². The normalized spacial score (nSPS) is 10.8. The number of benzene rings is 4. The van der Waals surface area contributed by atoms with E-state index in [1.807, 2.05) is 87.8 Å². The van der Waals surface area contributed by atoms with Gasteiger partial charge in [0.15, 0.2) is 0 Å². The third-order valence-corrected chi connectivity index (χ3v) is 6.45. The predicted octanol–water partition coefficient (Wildman–Crippen LogP) is 6.96. The molecule has 0 bridgehead atoms. The number of nitrogens with zero attached hydrogens (tertiary/aromatic N) is 2. The van der Waals surface area contributed by atoms with E-state index in [0.717, 1.165) is 44.8 Å². The zero-order valence-corrected chi connectivity index (χ0v) is 21.5. The second-order valence-corrected chi connectivity index (χ2v) is 9.50. The van der Waals surface area contributed by atoms with Crippen molar-refractivity contribution < 1.29 is 4.79 Å². The van der Waals surface area contributed by atoms with Crippen molar-refractivity contribution in [2.45, 2.75) is 0 Å². The average molecular weight is 490 g/mol. The third kappa shape index (κ3) is 5.28. The van der Waals surface area contributed by atoms with Gasteiger partial charge in [0.05, 0.1) is 0 Å². The molecule has 186 valence electrons. The highest BCUT2D eigenvalue weighted by molar-refractivity contribution is 6.04. The van der Waals surface area contributed by atoms with Crippen molar-refractivity contribution >= 4 is 45.2 Å².